The van der Waals surface area contributed by atoms with Gasteiger partial charge in [0.1, 0.15) is 0 Å². The molecular weight excluding hydrogens is 316 g/mol. The number of allylic oxidation sites excluding steroid dienone is 1. The monoisotopic (exact) mass is 358 g/mol. The number of hydrogen-bond acceptors (Lipinski definition) is 2. The maximum atomic E-state index is 7.11. The fourth-order valence-electron chi connectivity index (χ4n) is 6.32. The van der Waals surface area contributed by atoms with E-state index < -0.39 is 0 Å². The Labute approximate surface area is 161 Å². The molecule has 2 unspecified atom stereocenters. The van der Waals surface area contributed by atoms with Crippen LogP contribution in [0.1, 0.15) is 104 Å². The first kappa shape index (κ1) is 20.0. The average Bonchev–Trinajstić information content (AvgIpc) is 2.68. The van der Waals surface area contributed by atoms with Crippen molar-refractivity contribution in [2.45, 2.75) is 110 Å². The first-order chi connectivity index (χ1) is 12.6. The summed E-state index contributed by atoms with van der Waals surface area (Å²) in [7, 11) is 0. The molecule has 148 valence electrons. The first-order valence-electron chi connectivity index (χ1n) is 11.6. The van der Waals surface area contributed by atoms with Crippen LogP contribution in [0.5, 0.6) is 0 Å². The van der Waals surface area contributed by atoms with Gasteiger partial charge in [0, 0.05) is 17.2 Å². The summed E-state index contributed by atoms with van der Waals surface area (Å²) >= 11 is 0. The van der Waals surface area contributed by atoms with Crippen molar-refractivity contribution in [3.8, 4) is 0 Å². The third-order valence-electron chi connectivity index (χ3n) is 7.57. The van der Waals surface area contributed by atoms with Gasteiger partial charge in [-0.15, -0.1) is 0 Å². The summed E-state index contributed by atoms with van der Waals surface area (Å²) in [5, 5.41) is 0. The molecule has 0 radical (unpaired) electrons. The minimum absolute atomic E-state index is 0.0895. The van der Waals surface area contributed by atoms with Gasteiger partial charge < -0.3 is 11.5 Å². The van der Waals surface area contributed by atoms with Crippen molar-refractivity contribution in [1.29, 1.82) is 0 Å². The van der Waals surface area contributed by atoms with Crippen LogP contribution in [-0.2, 0) is 0 Å². The third-order valence-corrected chi connectivity index (χ3v) is 7.57. The van der Waals surface area contributed by atoms with Crippen molar-refractivity contribution in [1.82, 2.24) is 0 Å². The van der Waals surface area contributed by atoms with Gasteiger partial charge in [-0.05, 0) is 55.9 Å². The Morgan fingerprint density at radius 1 is 0.923 bits per heavy atom. The molecular formula is C24H42N2. The lowest BCUT2D eigenvalue weighted by Crippen LogP contribution is -2.45. The molecule has 0 heterocycles. The molecule has 2 nitrogen and oxygen atoms in total. The van der Waals surface area contributed by atoms with E-state index in [0.717, 1.165) is 12.3 Å². The number of hydrogen-bond donors (Lipinski definition) is 2. The molecule has 2 fully saturated rings. The third kappa shape index (κ3) is 3.77. The van der Waals surface area contributed by atoms with Gasteiger partial charge in [-0.2, -0.15) is 0 Å². The Hall–Kier alpha value is -0.760. The maximum Gasteiger partial charge on any atom is 0.0493 e. The lowest BCUT2D eigenvalue weighted by atomic mass is 9.58. The summed E-state index contributed by atoms with van der Waals surface area (Å²) in [6.07, 6.45) is 20.9. The molecule has 0 aliphatic heterocycles. The summed E-state index contributed by atoms with van der Waals surface area (Å²) in [5.41, 5.74) is 18.3. The average molecular weight is 359 g/mol. The van der Waals surface area contributed by atoms with E-state index in [1.54, 1.807) is 0 Å². The fourth-order valence-corrected chi connectivity index (χ4v) is 6.32. The van der Waals surface area contributed by atoms with Crippen LogP contribution in [0.15, 0.2) is 22.9 Å². The van der Waals surface area contributed by atoms with Crippen LogP contribution in [0.25, 0.3) is 0 Å². The number of rotatable bonds is 6. The van der Waals surface area contributed by atoms with Crippen LogP contribution in [0, 0.1) is 17.3 Å². The van der Waals surface area contributed by atoms with Gasteiger partial charge in [0.15, 0.2) is 0 Å². The Morgan fingerprint density at radius 3 is 2.12 bits per heavy atom. The van der Waals surface area contributed by atoms with E-state index in [2.05, 4.69) is 19.9 Å². The lowest BCUT2D eigenvalue weighted by Gasteiger charge is -2.48. The molecule has 2 saturated carbocycles. The summed E-state index contributed by atoms with van der Waals surface area (Å²) < 4.78 is 0. The zero-order chi connectivity index (χ0) is 18.6. The highest BCUT2D eigenvalue weighted by molar-refractivity contribution is 5.43. The number of nitrogens with two attached hydrogens (primary N) is 2. The Morgan fingerprint density at radius 2 is 1.54 bits per heavy atom. The van der Waals surface area contributed by atoms with Crippen LogP contribution in [0.2, 0.25) is 0 Å². The molecule has 3 rings (SSSR count). The second-order valence-corrected chi connectivity index (χ2v) is 9.28. The van der Waals surface area contributed by atoms with Crippen LogP contribution in [-0.4, -0.2) is 6.04 Å². The van der Waals surface area contributed by atoms with Gasteiger partial charge in [-0.1, -0.05) is 76.9 Å². The normalized spacial score (nSPS) is 32.0. The van der Waals surface area contributed by atoms with Gasteiger partial charge in [0.05, 0.1) is 0 Å². The smallest absolute Gasteiger partial charge is 0.0493 e. The molecule has 2 heteroatoms. The molecule has 0 aromatic rings. The van der Waals surface area contributed by atoms with Gasteiger partial charge in [-0.3, -0.25) is 0 Å². The largest absolute Gasteiger partial charge is 0.401 e. The van der Waals surface area contributed by atoms with E-state index in [1.807, 2.05) is 0 Å². The van der Waals surface area contributed by atoms with Crippen molar-refractivity contribution >= 4 is 0 Å². The minimum Gasteiger partial charge on any atom is -0.401 e. The van der Waals surface area contributed by atoms with Gasteiger partial charge in [0.2, 0.25) is 0 Å². The summed E-state index contributed by atoms with van der Waals surface area (Å²) in [4.78, 5) is 0. The molecule has 0 amide bonds. The Balaban J connectivity index is 2.05. The quantitative estimate of drug-likeness (QED) is 0.554. The Bertz CT molecular complexity index is 520. The standard InChI is InChI=1S/C24H42N2/c1-3-11-19-17-24(16-4-2,20-14-9-6-10-15-20)23(26)21(22(19)25)18-12-7-5-8-13-18/h17-18,20,22H,3-16,25-26H2,1-2H3. The van der Waals surface area contributed by atoms with Crippen LogP contribution in [0.3, 0.4) is 0 Å². The van der Waals surface area contributed by atoms with E-state index in [0.29, 0.717) is 5.92 Å². The van der Waals surface area contributed by atoms with Crippen molar-refractivity contribution in [2.75, 3.05) is 0 Å². The minimum atomic E-state index is 0.0895. The molecule has 2 atom stereocenters. The summed E-state index contributed by atoms with van der Waals surface area (Å²) in [5.74, 6) is 1.37. The van der Waals surface area contributed by atoms with Crippen molar-refractivity contribution in [2.24, 2.45) is 28.7 Å². The zero-order valence-corrected chi connectivity index (χ0v) is 17.4. The van der Waals surface area contributed by atoms with E-state index in [4.69, 9.17) is 11.5 Å². The highest BCUT2D eigenvalue weighted by Crippen LogP contribution is 2.53. The van der Waals surface area contributed by atoms with Gasteiger partial charge in [-0.25, -0.2) is 0 Å². The molecule has 26 heavy (non-hydrogen) atoms. The first-order valence-corrected chi connectivity index (χ1v) is 11.6. The fraction of sp³-hybridized carbons (Fsp3) is 0.833. The van der Waals surface area contributed by atoms with E-state index in [1.165, 1.54) is 100 Å². The zero-order valence-electron chi connectivity index (χ0n) is 17.4. The predicted octanol–water partition coefficient (Wildman–Crippen LogP) is 6.21. The SMILES string of the molecule is CCCC1=CC(CCC)(C2CCCCC2)C(N)=C(C2CCCCC2)C1N. The highest BCUT2D eigenvalue weighted by atomic mass is 14.8. The topological polar surface area (TPSA) is 52.0 Å². The summed E-state index contributed by atoms with van der Waals surface area (Å²) in [6, 6.07) is 0.0895. The molecule has 3 aliphatic rings. The van der Waals surface area contributed by atoms with Crippen molar-refractivity contribution in [3.63, 3.8) is 0 Å². The molecule has 0 aromatic carbocycles. The molecule has 0 spiro atoms. The van der Waals surface area contributed by atoms with Gasteiger partial charge in [0.25, 0.3) is 0 Å². The predicted molar refractivity (Wildman–Crippen MR) is 113 cm³/mol. The highest BCUT2D eigenvalue weighted by Gasteiger charge is 2.45. The van der Waals surface area contributed by atoms with Crippen LogP contribution < -0.4 is 11.5 Å². The van der Waals surface area contributed by atoms with E-state index >= 15 is 0 Å². The van der Waals surface area contributed by atoms with Crippen molar-refractivity contribution < 1.29 is 0 Å². The summed E-state index contributed by atoms with van der Waals surface area (Å²) in [6.45, 7) is 4.62. The van der Waals surface area contributed by atoms with Crippen LogP contribution in [0.4, 0.5) is 0 Å². The lowest BCUT2D eigenvalue weighted by molar-refractivity contribution is 0.182. The van der Waals surface area contributed by atoms with Crippen LogP contribution >= 0.6 is 0 Å². The second-order valence-electron chi connectivity index (χ2n) is 9.28. The van der Waals surface area contributed by atoms with Gasteiger partial charge >= 0.3 is 0 Å². The Kier molecular flexibility index (Phi) is 6.88. The molecule has 0 aromatic heterocycles. The molecule has 4 N–H and O–H groups in total. The second kappa shape index (κ2) is 8.95. The van der Waals surface area contributed by atoms with Crippen molar-refractivity contribution in [3.05, 3.63) is 22.9 Å². The maximum absolute atomic E-state index is 7.11. The van der Waals surface area contributed by atoms with E-state index in [9.17, 15) is 0 Å². The molecule has 0 bridgehead atoms. The molecule has 3 aliphatic carbocycles. The molecule has 0 saturated heterocycles. The van der Waals surface area contributed by atoms with E-state index in [-0.39, 0.29) is 11.5 Å².